The maximum Gasteiger partial charge on any atom is 0.118 e. The molecule has 0 fully saturated rings. The van der Waals surface area contributed by atoms with E-state index in [0.717, 1.165) is 24.2 Å². The molecular weight excluding hydrogens is 234 g/mol. The normalized spacial score (nSPS) is 12.2. The van der Waals surface area contributed by atoms with Crippen molar-refractivity contribution >= 4 is 0 Å². The number of hydrogen-bond donors (Lipinski definition) is 1. The number of aryl methyl sites for hydroxylation is 1. The Bertz CT molecular complexity index is 502. The van der Waals surface area contributed by atoms with Crippen LogP contribution in [0.25, 0.3) is 0 Å². The average Bonchev–Trinajstić information content (AvgIpc) is 2.48. The van der Waals surface area contributed by atoms with Crippen LogP contribution >= 0.6 is 0 Å². The number of nitrogens with two attached hydrogens (primary N) is 1. The van der Waals surface area contributed by atoms with Crippen LogP contribution in [0.3, 0.4) is 0 Å². The summed E-state index contributed by atoms with van der Waals surface area (Å²) in [5.41, 5.74) is 10.0. The molecule has 0 bridgehead atoms. The highest BCUT2D eigenvalue weighted by atomic mass is 16.5. The second-order valence-corrected chi connectivity index (χ2v) is 4.75. The van der Waals surface area contributed by atoms with Gasteiger partial charge in [-0.05, 0) is 41.7 Å². The maximum absolute atomic E-state index is 6.25. The van der Waals surface area contributed by atoms with Crippen molar-refractivity contribution in [3.8, 4) is 5.75 Å². The molecule has 2 aromatic rings. The van der Waals surface area contributed by atoms with Gasteiger partial charge in [-0.15, -0.1) is 0 Å². The van der Waals surface area contributed by atoms with Gasteiger partial charge in [0.2, 0.25) is 0 Å². The van der Waals surface area contributed by atoms with E-state index in [1.165, 1.54) is 11.1 Å². The first kappa shape index (κ1) is 13.6. The molecule has 100 valence electrons. The molecule has 0 radical (unpaired) electrons. The van der Waals surface area contributed by atoms with E-state index in [-0.39, 0.29) is 6.04 Å². The number of methoxy groups -OCH3 is 1. The Morgan fingerprint density at radius 2 is 1.53 bits per heavy atom. The van der Waals surface area contributed by atoms with Crippen molar-refractivity contribution in [3.63, 3.8) is 0 Å². The monoisotopic (exact) mass is 255 g/mol. The van der Waals surface area contributed by atoms with Gasteiger partial charge in [-0.3, -0.25) is 0 Å². The van der Waals surface area contributed by atoms with Gasteiger partial charge in [0.15, 0.2) is 0 Å². The first-order valence-corrected chi connectivity index (χ1v) is 6.70. The second kappa shape index (κ2) is 6.39. The number of benzene rings is 2. The Hall–Kier alpha value is -1.80. The van der Waals surface area contributed by atoms with Crippen LogP contribution in [0.4, 0.5) is 0 Å². The Morgan fingerprint density at radius 3 is 2.05 bits per heavy atom. The van der Waals surface area contributed by atoms with E-state index in [1.54, 1.807) is 7.11 Å². The van der Waals surface area contributed by atoms with E-state index in [4.69, 9.17) is 10.5 Å². The molecule has 2 nitrogen and oxygen atoms in total. The average molecular weight is 255 g/mol. The molecule has 0 aromatic heterocycles. The van der Waals surface area contributed by atoms with Crippen LogP contribution in [0.5, 0.6) is 5.75 Å². The van der Waals surface area contributed by atoms with Crippen molar-refractivity contribution in [2.75, 3.05) is 7.11 Å². The summed E-state index contributed by atoms with van der Waals surface area (Å²) in [7, 11) is 1.67. The largest absolute Gasteiger partial charge is 0.497 e. The fourth-order valence-electron chi connectivity index (χ4n) is 2.13. The Morgan fingerprint density at radius 1 is 0.947 bits per heavy atom. The molecule has 0 saturated heterocycles. The summed E-state index contributed by atoms with van der Waals surface area (Å²) < 4.78 is 5.15. The fourth-order valence-corrected chi connectivity index (χ4v) is 2.13. The van der Waals surface area contributed by atoms with Gasteiger partial charge in [0.25, 0.3) is 0 Å². The zero-order valence-electron chi connectivity index (χ0n) is 11.6. The van der Waals surface area contributed by atoms with Crippen LogP contribution in [0.15, 0.2) is 48.5 Å². The Balaban J connectivity index is 2.04. The van der Waals surface area contributed by atoms with E-state index in [9.17, 15) is 0 Å². The number of ether oxygens (including phenoxy) is 1. The molecule has 0 saturated carbocycles. The van der Waals surface area contributed by atoms with Crippen molar-refractivity contribution < 1.29 is 4.74 Å². The van der Waals surface area contributed by atoms with Crippen LogP contribution in [0.1, 0.15) is 29.7 Å². The summed E-state index contributed by atoms with van der Waals surface area (Å²) in [4.78, 5) is 0. The molecule has 1 atom stereocenters. The van der Waals surface area contributed by atoms with Gasteiger partial charge < -0.3 is 10.5 Å². The van der Waals surface area contributed by atoms with Gasteiger partial charge in [-0.1, -0.05) is 43.3 Å². The SMILES string of the molecule is CCc1ccc(CC(N)c2ccc(OC)cc2)cc1. The summed E-state index contributed by atoms with van der Waals surface area (Å²) in [6.07, 6.45) is 1.93. The van der Waals surface area contributed by atoms with Crippen molar-refractivity contribution in [2.24, 2.45) is 5.73 Å². The standard InChI is InChI=1S/C17H21NO/c1-3-13-4-6-14(7-5-13)12-17(18)15-8-10-16(19-2)11-9-15/h4-11,17H,3,12,18H2,1-2H3. The van der Waals surface area contributed by atoms with Crippen LogP contribution in [-0.2, 0) is 12.8 Å². The molecule has 0 aliphatic heterocycles. The summed E-state index contributed by atoms with van der Waals surface area (Å²) >= 11 is 0. The third-order valence-corrected chi connectivity index (χ3v) is 3.43. The molecule has 2 aromatic carbocycles. The highest BCUT2D eigenvalue weighted by molar-refractivity contribution is 5.31. The topological polar surface area (TPSA) is 35.2 Å². The Kier molecular flexibility index (Phi) is 4.58. The molecule has 2 heteroatoms. The van der Waals surface area contributed by atoms with E-state index >= 15 is 0 Å². The van der Waals surface area contributed by atoms with Crippen LogP contribution < -0.4 is 10.5 Å². The highest BCUT2D eigenvalue weighted by Gasteiger charge is 2.07. The van der Waals surface area contributed by atoms with E-state index in [1.807, 2.05) is 24.3 Å². The van der Waals surface area contributed by atoms with E-state index < -0.39 is 0 Å². The summed E-state index contributed by atoms with van der Waals surface area (Å²) in [6, 6.07) is 16.7. The second-order valence-electron chi connectivity index (χ2n) is 4.75. The quantitative estimate of drug-likeness (QED) is 0.887. The molecule has 1 unspecified atom stereocenters. The molecule has 0 aliphatic carbocycles. The van der Waals surface area contributed by atoms with Crippen LogP contribution in [0, 0.1) is 0 Å². The van der Waals surface area contributed by atoms with Gasteiger partial charge in [0.05, 0.1) is 7.11 Å². The molecule has 0 spiro atoms. The number of rotatable bonds is 5. The predicted molar refractivity (Wildman–Crippen MR) is 79.4 cm³/mol. The molecular formula is C17H21NO. The van der Waals surface area contributed by atoms with Crippen molar-refractivity contribution in [1.82, 2.24) is 0 Å². The lowest BCUT2D eigenvalue weighted by Gasteiger charge is -2.13. The maximum atomic E-state index is 6.25. The number of hydrogen-bond acceptors (Lipinski definition) is 2. The van der Waals surface area contributed by atoms with E-state index in [2.05, 4.69) is 31.2 Å². The molecule has 0 heterocycles. The minimum Gasteiger partial charge on any atom is -0.497 e. The van der Waals surface area contributed by atoms with Crippen molar-refractivity contribution in [2.45, 2.75) is 25.8 Å². The van der Waals surface area contributed by atoms with Crippen molar-refractivity contribution in [3.05, 3.63) is 65.2 Å². The molecule has 0 aliphatic rings. The summed E-state index contributed by atoms with van der Waals surface area (Å²) in [5.74, 6) is 0.864. The summed E-state index contributed by atoms with van der Waals surface area (Å²) in [6.45, 7) is 2.16. The lowest BCUT2D eigenvalue weighted by molar-refractivity contribution is 0.414. The molecule has 0 amide bonds. The minimum atomic E-state index is 0.0263. The lowest BCUT2D eigenvalue weighted by Crippen LogP contribution is -2.13. The first-order chi connectivity index (χ1) is 9.22. The van der Waals surface area contributed by atoms with Crippen molar-refractivity contribution in [1.29, 1.82) is 0 Å². The van der Waals surface area contributed by atoms with Gasteiger partial charge in [0.1, 0.15) is 5.75 Å². The van der Waals surface area contributed by atoms with Crippen LogP contribution in [0.2, 0.25) is 0 Å². The predicted octanol–water partition coefficient (Wildman–Crippen LogP) is 3.50. The smallest absolute Gasteiger partial charge is 0.118 e. The zero-order valence-corrected chi connectivity index (χ0v) is 11.6. The molecule has 19 heavy (non-hydrogen) atoms. The minimum absolute atomic E-state index is 0.0263. The van der Waals surface area contributed by atoms with Crippen LogP contribution in [-0.4, -0.2) is 7.11 Å². The molecule has 2 rings (SSSR count). The fraction of sp³-hybridized carbons (Fsp3) is 0.294. The third-order valence-electron chi connectivity index (χ3n) is 3.43. The Labute approximate surface area is 115 Å². The van der Waals surface area contributed by atoms with Gasteiger partial charge in [-0.25, -0.2) is 0 Å². The highest BCUT2D eigenvalue weighted by Crippen LogP contribution is 2.19. The summed E-state index contributed by atoms with van der Waals surface area (Å²) in [5, 5.41) is 0. The van der Waals surface area contributed by atoms with Gasteiger partial charge in [-0.2, -0.15) is 0 Å². The zero-order chi connectivity index (χ0) is 13.7. The van der Waals surface area contributed by atoms with E-state index in [0.29, 0.717) is 0 Å². The van der Waals surface area contributed by atoms with Gasteiger partial charge in [0, 0.05) is 6.04 Å². The first-order valence-electron chi connectivity index (χ1n) is 6.70. The molecule has 2 N–H and O–H groups in total. The lowest BCUT2D eigenvalue weighted by atomic mass is 9.98. The third kappa shape index (κ3) is 3.58. The van der Waals surface area contributed by atoms with Gasteiger partial charge >= 0.3 is 0 Å².